The van der Waals surface area contributed by atoms with Gasteiger partial charge in [0.1, 0.15) is 10.8 Å². The number of aliphatic hydroxyl groups is 1. The quantitative estimate of drug-likeness (QED) is 0.836. The fourth-order valence-electron chi connectivity index (χ4n) is 1.50. The maximum absolute atomic E-state index is 11.9. The summed E-state index contributed by atoms with van der Waals surface area (Å²) in [4.78, 5) is 15.8. The number of aliphatic hydroxyl groups excluding tert-OH is 1. The molecule has 0 aliphatic carbocycles. The molecule has 92 valence electrons. The van der Waals surface area contributed by atoms with Crippen molar-refractivity contribution < 1.29 is 9.90 Å². The van der Waals surface area contributed by atoms with Crippen molar-refractivity contribution in [1.29, 1.82) is 0 Å². The van der Waals surface area contributed by atoms with Crippen LogP contribution in [0.25, 0.3) is 0 Å². The Morgan fingerprint density at radius 1 is 1.22 bits per heavy atom. The summed E-state index contributed by atoms with van der Waals surface area (Å²) < 4.78 is 0. The number of carbonyl (C=O) groups excluding carboxylic acids is 1. The van der Waals surface area contributed by atoms with Crippen molar-refractivity contribution in [2.45, 2.75) is 6.61 Å². The third kappa shape index (κ3) is 2.85. The number of hydrogen-bond donors (Lipinski definition) is 2. The number of rotatable bonds is 3. The van der Waals surface area contributed by atoms with Crippen LogP contribution in [0.2, 0.25) is 5.15 Å². The molecule has 0 saturated carbocycles. The summed E-state index contributed by atoms with van der Waals surface area (Å²) in [5.74, 6) is -0.363. The molecule has 0 radical (unpaired) electrons. The van der Waals surface area contributed by atoms with Gasteiger partial charge in [-0.15, -0.1) is 0 Å². The molecule has 0 fully saturated rings. The van der Waals surface area contributed by atoms with Crippen LogP contribution in [0.4, 0.5) is 5.69 Å². The Morgan fingerprint density at radius 3 is 2.72 bits per heavy atom. The van der Waals surface area contributed by atoms with Gasteiger partial charge < -0.3 is 10.4 Å². The van der Waals surface area contributed by atoms with Crippen molar-refractivity contribution >= 4 is 23.2 Å². The van der Waals surface area contributed by atoms with Crippen molar-refractivity contribution in [2.24, 2.45) is 0 Å². The molecule has 1 heterocycles. The molecule has 2 N–H and O–H groups in total. The van der Waals surface area contributed by atoms with E-state index in [9.17, 15) is 4.79 Å². The maximum atomic E-state index is 11.9. The molecule has 4 nitrogen and oxygen atoms in total. The van der Waals surface area contributed by atoms with E-state index in [4.69, 9.17) is 16.7 Å². The smallest absolute Gasteiger partial charge is 0.274 e. The van der Waals surface area contributed by atoms with Crippen molar-refractivity contribution in [3.63, 3.8) is 0 Å². The van der Waals surface area contributed by atoms with Gasteiger partial charge in [-0.3, -0.25) is 4.79 Å². The average molecular weight is 263 g/mol. The first-order chi connectivity index (χ1) is 8.70. The fourth-order valence-corrected chi connectivity index (χ4v) is 1.66. The second-order valence-electron chi connectivity index (χ2n) is 3.61. The normalized spacial score (nSPS) is 10.1. The second-order valence-corrected chi connectivity index (χ2v) is 4.00. The molecule has 0 atom stereocenters. The molecule has 18 heavy (non-hydrogen) atoms. The van der Waals surface area contributed by atoms with Gasteiger partial charge in [-0.2, -0.15) is 0 Å². The number of nitrogens with one attached hydrogen (secondary N) is 1. The van der Waals surface area contributed by atoms with E-state index in [-0.39, 0.29) is 23.4 Å². The molecule has 1 amide bonds. The van der Waals surface area contributed by atoms with Crippen molar-refractivity contribution in [3.8, 4) is 0 Å². The standard InChI is InChI=1S/C13H11ClN2O2/c14-12-7-3-6-11(15-12)13(18)16-10-5-2-1-4-9(10)8-17/h1-7,17H,8H2,(H,16,18). The minimum atomic E-state index is -0.363. The molecule has 0 bridgehead atoms. The average Bonchev–Trinajstić information content (AvgIpc) is 2.39. The van der Waals surface area contributed by atoms with Gasteiger partial charge in [-0.25, -0.2) is 4.98 Å². The molecule has 0 saturated heterocycles. The zero-order valence-corrected chi connectivity index (χ0v) is 10.2. The largest absolute Gasteiger partial charge is 0.392 e. The first-order valence-electron chi connectivity index (χ1n) is 5.33. The summed E-state index contributed by atoms with van der Waals surface area (Å²) in [6, 6.07) is 11.8. The predicted octanol–water partition coefficient (Wildman–Crippen LogP) is 2.48. The van der Waals surface area contributed by atoms with E-state index < -0.39 is 0 Å². The fraction of sp³-hybridized carbons (Fsp3) is 0.0769. The van der Waals surface area contributed by atoms with Gasteiger partial charge in [-0.05, 0) is 18.2 Å². The summed E-state index contributed by atoms with van der Waals surface area (Å²) in [7, 11) is 0. The molecule has 2 rings (SSSR count). The van der Waals surface area contributed by atoms with Crippen LogP contribution in [-0.4, -0.2) is 16.0 Å². The van der Waals surface area contributed by atoms with Crippen molar-refractivity contribution in [3.05, 3.63) is 58.9 Å². The lowest BCUT2D eigenvalue weighted by Crippen LogP contribution is -2.14. The Kier molecular flexibility index (Phi) is 3.92. The number of benzene rings is 1. The molecule has 0 aliphatic rings. The van der Waals surface area contributed by atoms with Gasteiger partial charge in [0.25, 0.3) is 5.91 Å². The highest BCUT2D eigenvalue weighted by Gasteiger charge is 2.09. The highest BCUT2D eigenvalue weighted by molar-refractivity contribution is 6.29. The Morgan fingerprint density at radius 2 is 2.00 bits per heavy atom. The van der Waals surface area contributed by atoms with Crippen LogP contribution in [-0.2, 0) is 6.61 Å². The van der Waals surface area contributed by atoms with Gasteiger partial charge in [0.15, 0.2) is 0 Å². The number of halogens is 1. The van der Waals surface area contributed by atoms with E-state index in [1.54, 1.807) is 42.5 Å². The Balaban J connectivity index is 2.21. The molecular formula is C13H11ClN2O2. The van der Waals surface area contributed by atoms with Gasteiger partial charge >= 0.3 is 0 Å². The highest BCUT2D eigenvalue weighted by atomic mass is 35.5. The van der Waals surface area contributed by atoms with E-state index in [1.165, 1.54) is 0 Å². The zero-order chi connectivity index (χ0) is 13.0. The summed E-state index contributed by atoms with van der Waals surface area (Å²) >= 11 is 5.72. The monoisotopic (exact) mass is 262 g/mol. The maximum Gasteiger partial charge on any atom is 0.274 e. The third-order valence-corrected chi connectivity index (χ3v) is 2.59. The van der Waals surface area contributed by atoms with Gasteiger partial charge in [0.2, 0.25) is 0 Å². The molecule has 2 aromatic rings. The Labute approximate surface area is 109 Å². The van der Waals surface area contributed by atoms with E-state index in [1.807, 2.05) is 0 Å². The SMILES string of the molecule is O=C(Nc1ccccc1CO)c1cccc(Cl)n1. The number of nitrogens with zero attached hydrogens (tertiary/aromatic N) is 1. The molecule has 1 aromatic carbocycles. The molecular weight excluding hydrogens is 252 g/mol. The van der Waals surface area contributed by atoms with E-state index in [0.717, 1.165) is 0 Å². The van der Waals surface area contributed by atoms with Crippen molar-refractivity contribution in [1.82, 2.24) is 4.98 Å². The Hall–Kier alpha value is -1.91. The number of pyridine rings is 1. The number of amides is 1. The van der Waals surface area contributed by atoms with Crippen LogP contribution in [0.5, 0.6) is 0 Å². The van der Waals surface area contributed by atoms with Gasteiger partial charge in [0.05, 0.1) is 6.61 Å². The van der Waals surface area contributed by atoms with Crippen molar-refractivity contribution in [2.75, 3.05) is 5.32 Å². The number of anilines is 1. The second kappa shape index (κ2) is 5.62. The van der Waals surface area contributed by atoms with E-state index >= 15 is 0 Å². The minimum absolute atomic E-state index is 0.139. The van der Waals surface area contributed by atoms with Crippen LogP contribution in [0.15, 0.2) is 42.5 Å². The minimum Gasteiger partial charge on any atom is -0.392 e. The van der Waals surface area contributed by atoms with Crippen LogP contribution in [0.1, 0.15) is 16.1 Å². The van der Waals surface area contributed by atoms with Crippen LogP contribution >= 0.6 is 11.6 Å². The lowest BCUT2D eigenvalue weighted by molar-refractivity contribution is 0.102. The molecule has 0 spiro atoms. The topological polar surface area (TPSA) is 62.2 Å². The first kappa shape index (κ1) is 12.5. The summed E-state index contributed by atoms with van der Waals surface area (Å²) in [5.41, 5.74) is 1.44. The number of hydrogen-bond acceptors (Lipinski definition) is 3. The van der Waals surface area contributed by atoms with E-state index in [0.29, 0.717) is 11.3 Å². The number of carbonyl (C=O) groups is 1. The first-order valence-corrected chi connectivity index (χ1v) is 5.71. The molecule has 0 aliphatic heterocycles. The molecule has 0 unspecified atom stereocenters. The van der Waals surface area contributed by atoms with Crippen LogP contribution < -0.4 is 5.32 Å². The lowest BCUT2D eigenvalue weighted by Gasteiger charge is -2.08. The number of para-hydroxylation sites is 1. The predicted molar refractivity (Wildman–Crippen MR) is 69.6 cm³/mol. The van der Waals surface area contributed by atoms with Crippen LogP contribution in [0.3, 0.4) is 0 Å². The van der Waals surface area contributed by atoms with Gasteiger partial charge in [0, 0.05) is 11.3 Å². The highest BCUT2D eigenvalue weighted by Crippen LogP contribution is 2.16. The summed E-state index contributed by atoms with van der Waals surface area (Å²) in [5, 5.41) is 12.1. The third-order valence-electron chi connectivity index (χ3n) is 2.38. The lowest BCUT2D eigenvalue weighted by atomic mass is 10.2. The number of aromatic nitrogens is 1. The Bertz CT molecular complexity index is 572. The van der Waals surface area contributed by atoms with E-state index in [2.05, 4.69) is 10.3 Å². The summed E-state index contributed by atoms with van der Waals surface area (Å²) in [6.07, 6.45) is 0. The van der Waals surface area contributed by atoms with Gasteiger partial charge in [-0.1, -0.05) is 35.9 Å². The molecule has 1 aromatic heterocycles. The molecule has 5 heteroatoms. The zero-order valence-electron chi connectivity index (χ0n) is 9.43. The van der Waals surface area contributed by atoms with Crippen LogP contribution in [0, 0.1) is 0 Å². The summed E-state index contributed by atoms with van der Waals surface area (Å²) in [6.45, 7) is -0.139.